The molecule has 0 unspecified atom stereocenters. The van der Waals surface area contributed by atoms with E-state index < -0.39 is 11.7 Å². The average Bonchev–Trinajstić information content (AvgIpc) is 3.04. The number of amides is 1. The molecule has 2 aromatic heterocycles. The minimum Gasteiger partial charge on any atom is -0.339 e. The van der Waals surface area contributed by atoms with E-state index in [0.29, 0.717) is 24.8 Å². The van der Waals surface area contributed by atoms with Crippen LogP contribution in [0.25, 0.3) is 11.4 Å². The van der Waals surface area contributed by atoms with Crippen molar-refractivity contribution in [1.82, 2.24) is 20.0 Å². The van der Waals surface area contributed by atoms with Crippen LogP contribution in [0.4, 0.5) is 4.39 Å². The van der Waals surface area contributed by atoms with Gasteiger partial charge in [0.25, 0.3) is 5.91 Å². The standard InChI is InChI=1S/C17H12ClFN4O2/c18-12-2-1-3-13(19)14(12)17(24)23-8-11(9-23)16-21-15(22-25-16)10-4-6-20-7-5-10/h1-7,11H,8-9H2. The second kappa shape index (κ2) is 6.25. The monoisotopic (exact) mass is 358 g/mol. The topological polar surface area (TPSA) is 72.1 Å². The largest absolute Gasteiger partial charge is 0.339 e. The number of halogens is 2. The van der Waals surface area contributed by atoms with Crippen LogP contribution in [0.1, 0.15) is 22.2 Å². The Bertz CT molecular complexity index is 905. The highest BCUT2D eigenvalue weighted by Crippen LogP contribution is 2.30. The number of aromatic nitrogens is 3. The second-order valence-corrected chi connectivity index (χ2v) is 6.10. The lowest BCUT2D eigenvalue weighted by atomic mass is 9.98. The van der Waals surface area contributed by atoms with Crippen LogP contribution in [-0.4, -0.2) is 39.0 Å². The summed E-state index contributed by atoms with van der Waals surface area (Å²) in [6.07, 6.45) is 3.29. The van der Waals surface area contributed by atoms with Gasteiger partial charge in [-0.25, -0.2) is 4.39 Å². The van der Waals surface area contributed by atoms with Crippen molar-refractivity contribution in [2.75, 3.05) is 13.1 Å². The van der Waals surface area contributed by atoms with E-state index in [1.165, 1.54) is 23.1 Å². The highest BCUT2D eigenvalue weighted by molar-refractivity contribution is 6.33. The summed E-state index contributed by atoms with van der Waals surface area (Å²) in [5, 5.41) is 4.05. The lowest BCUT2D eigenvalue weighted by Crippen LogP contribution is -2.48. The number of pyridine rings is 1. The third kappa shape index (κ3) is 2.87. The number of nitrogens with zero attached hydrogens (tertiary/aromatic N) is 4. The Morgan fingerprint density at radius 1 is 1.24 bits per heavy atom. The zero-order chi connectivity index (χ0) is 17.4. The van der Waals surface area contributed by atoms with Crippen molar-refractivity contribution >= 4 is 17.5 Å². The highest BCUT2D eigenvalue weighted by Gasteiger charge is 2.37. The molecule has 1 aliphatic rings. The van der Waals surface area contributed by atoms with Gasteiger partial charge in [-0.1, -0.05) is 22.8 Å². The molecular formula is C17H12ClFN4O2. The van der Waals surface area contributed by atoms with E-state index >= 15 is 0 Å². The molecule has 1 saturated heterocycles. The zero-order valence-corrected chi connectivity index (χ0v) is 13.7. The van der Waals surface area contributed by atoms with Gasteiger partial charge in [-0.05, 0) is 24.3 Å². The summed E-state index contributed by atoms with van der Waals surface area (Å²) in [7, 11) is 0. The van der Waals surface area contributed by atoms with Crippen LogP contribution in [0.5, 0.6) is 0 Å². The smallest absolute Gasteiger partial charge is 0.258 e. The van der Waals surface area contributed by atoms with Gasteiger partial charge < -0.3 is 9.42 Å². The molecule has 0 atom stereocenters. The van der Waals surface area contributed by atoms with E-state index in [4.69, 9.17) is 16.1 Å². The molecule has 3 aromatic rings. The van der Waals surface area contributed by atoms with Crippen LogP contribution in [0.2, 0.25) is 5.02 Å². The Hall–Kier alpha value is -2.80. The molecule has 0 radical (unpaired) electrons. The van der Waals surface area contributed by atoms with Crippen molar-refractivity contribution in [3.05, 3.63) is 65.0 Å². The molecule has 0 spiro atoms. The van der Waals surface area contributed by atoms with E-state index in [1.54, 1.807) is 24.5 Å². The molecule has 6 nitrogen and oxygen atoms in total. The molecule has 0 N–H and O–H groups in total. The predicted molar refractivity (Wildman–Crippen MR) is 87.6 cm³/mol. The van der Waals surface area contributed by atoms with Gasteiger partial charge >= 0.3 is 0 Å². The zero-order valence-electron chi connectivity index (χ0n) is 12.9. The Balaban J connectivity index is 1.46. The van der Waals surface area contributed by atoms with Crippen molar-refractivity contribution < 1.29 is 13.7 Å². The van der Waals surface area contributed by atoms with Crippen molar-refractivity contribution in [2.24, 2.45) is 0 Å². The molecule has 3 heterocycles. The normalized spacial score (nSPS) is 14.4. The van der Waals surface area contributed by atoms with Crippen LogP contribution in [-0.2, 0) is 0 Å². The van der Waals surface area contributed by atoms with Crippen LogP contribution in [0.15, 0.2) is 47.2 Å². The Labute approximate surface area is 147 Å². The quantitative estimate of drug-likeness (QED) is 0.719. The number of hydrogen-bond donors (Lipinski definition) is 0. The predicted octanol–water partition coefficient (Wildman–Crippen LogP) is 3.16. The van der Waals surface area contributed by atoms with Gasteiger partial charge in [0, 0.05) is 31.0 Å². The maximum Gasteiger partial charge on any atom is 0.258 e. The number of benzene rings is 1. The van der Waals surface area contributed by atoms with Crippen molar-refractivity contribution in [1.29, 1.82) is 0 Å². The first-order chi connectivity index (χ1) is 12.1. The maximum absolute atomic E-state index is 13.9. The van der Waals surface area contributed by atoms with Crippen LogP contribution in [0, 0.1) is 5.82 Å². The van der Waals surface area contributed by atoms with E-state index in [9.17, 15) is 9.18 Å². The molecule has 25 heavy (non-hydrogen) atoms. The summed E-state index contributed by atoms with van der Waals surface area (Å²) in [6, 6.07) is 7.74. The van der Waals surface area contributed by atoms with Gasteiger partial charge in [-0.3, -0.25) is 9.78 Å². The van der Waals surface area contributed by atoms with Gasteiger partial charge in [0.05, 0.1) is 16.5 Å². The number of hydrogen-bond acceptors (Lipinski definition) is 5. The van der Waals surface area contributed by atoms with Crippen molar-refractivity contribution in [2.45, 2.75) is 5.92 Å². The van der Waals surface area contributed by atoms with Crippen molar-refractivity contribution in [3.63, 3.8) is 0 Å². The molecule has 1 amide bonds. The van der Waals surface area contributed by atoms with Gasteiger partial charge in [0.1, 0.15) is 5.82 Å². The maximum atomic E-state index is 13.9. The fourth-order valence-electron chi connectivity index (χ4n) is 2.68. The first kappa shape index (κ1) is 15.7. The SMILES string of the molecule is O=C(c1c(F)cccc1Cl)N1CC(c2nc(-c3ccncc3)no2)C1. The fourth-order valence-corrected chi connectivity index (χ4v) is 2.92. The minimum absolute atomic E-state index is 0.0717. The van der Waals surface area contributed by atoms with Crippen LogP contribution < -0.4 is 0 Å². The molecule has 0 aliphatic carbocycles. The minimum atomic E-state index is -0.626. The van der Waals surface area contributed by atoms with Gasteiger partial charge in [0.15, 0.2) is 0 Å². The summed E-state index contributed by atoms with van der Waals surface area (Å²) in [4.78, 5) is 22.2. The molecule has 4 rings (SSSR count). The third-order valence-corrected chi connectivity index (χ3v) is 4.39. The van der Waals surface area contributed by atoms with E-state index in [2.05, 4.69) is 15.1 Å². The van der Waals surface area contributed by atoms with E-state index in [1.807, 2.05) is 0 Å². The molecule has 1 aromatic carbocycles. The first-order valence-electron chi connectivity index (χ1n) is 7.61. The second-order valence-electron chi connectivity index (χ2n) is 5.70. The van der Waals surface area contributed by atoms with Gasteiger partial charge in [0.2, 0.25) is 11.7 Å². The Morgan fingerprint density at radius 2 is 2.00 bits per heavy atom. The molecule has 126 valence electrons. The summed E-state index contributed by atoms with van der Waals surface area (Å²) >= 11 is 5.94. The average molecular weight is 359 g/mol. The Kier molecular flexibility index (Phi) is 3.93. The summed E-state index contributed by atoms with van der Waals surface area (Å²) in [5.74, 6) is -0.209. The van der Waals surface area contributed by atoms with Gasteiger partial charge in [-0.15, -0.1) is 0 Å². The lowest BCUT2D eigenvalue weighted by Gasteiger charge is -2.37. The molecule has 1 aliphatic heterocycles. The number of carbonyl (C=O) groups is 1. The molecular weight excluding hydrogens is 347 g/mol. The van der Waals surface area contributed by atoms with E-state index in [0.717, 1.165) is 5.56 Å². The van der Waals surface area contributed by atoms with E-state index in [-0.39, 0.29) is 16.5 Å². The molecule has 0 bridgehead atoms. The number of carbonyl (C=O) groups excluding carboxylic acids is 1. The molecule has 0 saturated carbocycles. The third-order valence-electron chi connectivity index (χ3n) is 4.07. The van der Waals surface area contributed by atoms with Gasteiger partial charge in [-0.2, -0.15) is 4.98 Å². The van der Waals surface area contributed by atoms with Crippen molar-refractivity contribution in [3.8, 4) is 11.4 Å². The molecule has 1 fully saturated rings. The number of rotatable bonds is 3. The fraction of sp³-hybridized carbons (Fsp3) is 0.176. The Morgan fingerprint density at radius 3 is 2.72 bits per heavy atom. The summed E-state index contributed by atoms with van der Waals surface area (Å²) in [6.45, 7) is 0.753. The summed E-state index contributed by atoms with van der Waals surface area (Å²) in [5.41, 5.74) is 0.695. The lowest BCUT2D eigenvalue weighted by molar-refractivity contribution is 0.0564. The van der Waals surface area contributed by atoms with Crippen LogP contribution >= 0.6 is 11.6 Å². The summed E-state index contributed by atoms with van der Waals surface area (Å²) < 4.78 is 19.1. The molecule has 8 heteroatoms. The first-order valence-corrected chi connectivity index (χ1v) is 7.98. The van der Waals surface area contributed by atoms with Crippen LogP contribution in [0.3, 0.4) is 0 Å². The number of likely N-dealkylation sites (tertiary alicyclic amines) is 1. The highest BCUT2D eigenvalue weighted by atomic mass is 35.5.